The number of hydrogen-bond acceptors (Lipinski definition) is 4. The third-order valence-corrected chi connectivity index (χ3v) is 6.36. The van der Waals surface area contributed by atoms with Gasteiger partial charge in [-0.2, -0.15) is 4.31 Å². The van der Waals surface area contributed by atoms with Crippen LogP contribution in [0.5, 0.6) is 5.75 Å². The van der Waals surface area contributed by atoms with Gasteiger partial charge in [-0.05, 0) is 67.8 Å². The minimum atomic E-state index is -3.44. The Morgan fingerprint density at radius 1 is 1.07 bits per heavy atom. The molecule has 28 heavy (non-hydrogen) atoms. The molecule has 6 nitrogen and oxygen atoms in total. The smallest absolute Gasteiger partial charge is 0.248 e. The standard InChI is InChI=1S/C21H24N2O4S/c1-2-27-19-10-5-17(6-11-19)7-14-21(24)22-18-8-12-20(13-9-18)28(25,26)23-15-3-4-16-23/h5-14H,2-4,15-16H2,1H3,(H,22,24)/b14-7+. The van der Waals surface area contributed by atoms with Crippen LogP contribution in [-0.2, 0) is 14.8 Å². The van der Waals surface area contributed by atoms with E-state index in [2.05, 4.69) is 5.32 Å². The number of anilines is 1. The summed E-state index contributed by atoms with van der Waals surface area (Å²) in [5.41, 5.74) is 1.42. The number of carbonyl (C=O) groups excluding carboxylic acids is 1. The minimum Gasteiger partial charge on any atom is -0.494 e. The van der Waals surface area contributed by atoms with Gasteiger partial charge in [0.05, 0.1) is 11.5 Å². The van der Waals surface area contributed by atoms with E-state index in [9.17, 15) is 13.2 Å². The lowest BCUT2D eigenvalue weighted by atomic mass is 10.2. The van der Waals surface area contributed by atoms with Crippen molar-refractivity contribution in [3.63, 3.8) is 0 Å². The van der Waals surface area contributed by atoms with Crippen LogP contribution in [0.15, 0.2) is 59.5 Å². The van der Waals surface area contributed by atoms with Crippen molar-refractivity contribution in [3.8, 4) is 5.75 Å². The van der Waals surface area contributed by atoms with Gasteiger partial charge in [0.25, 0.3) is 0 Å². The summed E-state index contributed by atoms with van der Waals surface area (Å²) < 4.78 is 31.9. The predicted octanol–water partition coefficient (Wildman–Crippen LogP) is 3.52. The van der Waals surface area contributed by atoms with E-state index in [0.29, 0.717) is 25.4 Å². The van der Waals surface area contributed by atoms with Crippen molar-refractivity contribution >= 4 is 27.7 Å². The second kappa shape index (κ2) is 9.03. The quantitative estimate of drug-likeness (QED) is 0.722. The summed E-state index contributed by atoms with van der Waals surface area (Å²) in [7, 11) is -3.44. The van der Waals surface area contributed by atoms with Crippen molar-refractivity contribution in [1.82, 2.24) is 4.31 Å². The van der Waals surface area contributed by atoms with Crippen LogP contribution in [0.2, 0.25) is 0 Å². The first kappa shape index (κ1) is 20.1. The van der Waals surface area contributed by atoms with Crippen molar-refractivity contribution in [1.29, 1.82) is 0 Å². The van der Waals surface area contributed by atoms with Crippen LogP contribution in [0.4, 0.5) is 5.69 Å². The molecule has 7 heteroatoms. The van der Waals surface area contributed by atoms with Gasteiger partial charge in [-0.1, -0.05) is 12.1 Å². The molecule has 1 fully saturated rings. The van der Waals surface area contributed by atoms with Crippen LogP contribution in [-0.4, -0.2) is 38.3 Å². The number of nitrogens with zero attached hydrogens (tertiary/aromatic N) is 1. The second-order valence-electron chi connectivity index (χ2n) is 6.46. The van der Waals surface area contributed by atoms with Crippen LogP contribution in [0, 0.1) is 0 Å². The van der Waals surface area contributed by atoms with Gasteiger partial charge in [-0.15, -0.1) is 0 Å². The lowest BCUT2D eigenvalue weighted by Gasteiger charge is -2.15. The van der Waals surface area contributed by atoms with Crippen molar-refractivity contribution in [3.05, 3.63) is 60.2 Å². The number of amides is 1. The molecule has 0 bridgehead atoms. The third kappa shape index (κ3) is 4.99. The Kier molecular flexibility index (Phi) is 6.49. The van der Waals surface area contributed by atoms with Gasteiger partial charge < -0.3 is 10.1 Å². The van der Waals surface area contributed by atoms with E-state index in [4.69, 9.17) is 4.74 Å². The summed E-state index contributed by atoms with van der Waals surface area (Å²) in [5, 5.41) is 2.73. The summed E-state index contributed by atoms with van der Waals surface area (Å²) in [6, 6.07) is 13.7. The molecule has 0 unspecified atom stereocenters. The number of benzene rings is 2. The van der Waals surface area contributed by atoms with E-state index in [1.807, 2.05) is 31.2 Å². The Morgan fingerprint density at radius 2 is 1.71 bits per heavy atom. The van der Waals surface area contributed by atoms with Gasteiger partial charge in [0.15, 0.2) is 0 Å². The lowest BCUT2D eigenvalue weighted by Crippen LogP contribution is -2.27. The zero-order valence-corrected chi connectivity index (χ0v) is 16.6. The predicted molar refractivity (Wildman–Crippen MR) is 110 cm³/mol. The molecule has 0 spiro atoms. The molecule has 2 aromatic rings. The topological polar surface area (TPSA) is 75.7 Å². The molecule has 0 saturated carbocycles. The number of sulfonamides is 1. The highest BCUT2D eigenvalue weighted by molar-refractivity contribution is 7.89. The van der Waals surface area contributed by atoms with E-state index in [1.54, 1.807) is 18.2 Å². The lowest BCUT2D eigenvalue weighted by molar-refractivity contribution is -0.111. The fourth-order valence-electron chi connectivity index (χ4n) is 2.99. The number of hydrogen-bond donors (Lipinski definition) is 1. The van der Waals surface area contributed by atoms with Crippen molar-refractivity contribution in [2.24, 2.45) is 0 Å². The zero-order chi connectivity index (χ0) is 20.0. The molecule has 1 aliphatic heterocycles. The maximum absolute atomic E-state index is 12.5. The molecule has 1 heterocycles. The molecule has 0 aromatic heterocycles. The SMILES string of the molecule is CCOc1ccc(/C=C/C(=O)Nc2ccc(S(=O)(=O)N3CCCC3)cc2)cc1. The number of nitrogens with one attached hydrogen (secondary N) is 1. The van der Waals surface area contributed by atoms with Crippen molar-refractivity contribution < 1.29 is 17.9 Å². The number of rotatable bonds is 7. The van der Waals surface area contributed by atoms with Crippen LogP contribution in [0.25, 0.3) is 6.08 Å². The van der Waals surface area contributed by atoms with Gasteiger partial charge in [-0.3, -0.25) is 4.79 Å². The second-order valence-corrected chi connectivity index (χ2v) is 8.40. The highest BCUT2D eigenvalue weighted by Gasteiger charge is 2.26. The van der Waals surface area contributed by atoms with Crippen molar-refractivity contribution in [2.75, 3.05) is 25.0 Å². The molecule has 1 aliphatic rings. The number of carbonyl (C=O) groups is 1. The summed E-state index contributed by atoms with van der Waals surface area (Å²) >= 11 is 0. The Bertz CT molecular complexity index is 929. The average Bonchev–Trinajstić information content (AvgIpc) is 3.24. The van der Waals surface area contributed by atoms with Gasteiger partial charge in [0, 0.05) is 24.9 Å². The monoisotopic (exact) mass is 400 g/mol. The van der Waals surface area contributed by atoms with E-state index < -0.39 is 10.0 Å². The van der Waals surface area contributed by atoms with Crippen LogP contribution < -0.4 is 10.1 Å². The van der Waals surface area contributed by atoms with Gasteiger partial charge >= 0.3 is 0 Å². The van der Waals surface area contributed by atoms with Gasteiger partial charge in [-0.25, -0.2) is 8.42 Å². The van der Waals surface area contributed by atoms with Crippen LogP contribution in [0.3, 0.4) is 0 Å². The Morgan fingerprint density at radius 3 is 2.32 bits per heavy atom. The molecule has 1 amide bonds. The first-order valence-electron chi connectivity index (χ1n) is 9.31. The number of ether oxygens (including phenoxy) is 1. The fourth-order valence-corrected chi connectivity index (χ4v) is 4.50. The van der Waals surface area contributed by atoms with Crippen LogP contribution >= 0.6 is 0 Å². The van der Waals surface area contributed by atoms with E-state index in [1.165, 1.54) is 22.5 Å². The largest absolute Gasteiger partial charge is 0.494 e. The van der Waals surface area contributed by atoms with Crippen LogP contribution in [0.1, 0.15) is 25.3 Å². The molecule has 1 N–H and O–H groups in total. The van der Waals surface area contributed by atoms with Crippen molar-refractivity contribution in [2.45, 2.75) is 24.7 Å². The molecular formula is C21H24N2O4S. The van der Waals surface area contributed by atoms with E-state index in [-0.39, 0.29) is 10.8 Å². The Labute approximate surface area is 165 Å². The normalized spacial score (nSPS) is 15.0. The van der Waals surface area contributed by atoms with E-state index >= 15 is 0 Å². The van der Waals surface area contributed by atoms with E-state index in [0.717, 1.165) is 24.2 Å². The summed E-state index contributed by atoms with van der Waals surface area (Å²) in [4.78, 5) is 12.3. The molecule has 0 aliphatic carbocycles. The van der Waals surface area contributed by atoms with Gasteiger partial charge in [0.2, 0.25) is 15.9 Å². The highest BCUT2D eigenvalue weighted by Crippen LogP contribution is 2.22. The molecule has 2 aromatic carbocycles. The maximum Gasteiger partial charge on any atom is 0.248 e. The molecule has 3 rings (SSSR count). The zero-order valence-electron chi connectivity index (χ0n) is 15.8. The fraction of sp³-hybridized carbons (Fsp3) is 0.286. The molecule has 0 atom stereocenters. The molecular weight excluding hydrogens is 376 g/mol. The third-order valence-electron chi connectivity index (χ3n) is 4.44. The average molecular weight is 401 g/mol. The molecule has 1 saturated heterocycles. The summed E-state index contributed by atoms with van der Waals surface area (Å²) in [6.45, 7) is 3.66. The summed E-state index contributed by atoms with van der Waals surface area (Å²) in [5.74, 6) is 0.497. The first-order chi connectivity index (χ1) is 13.5. The minimum absolute atomic E-state index is 0.248. The Balaban J connectivity index is 1.59. The van der Waals surface area contributed by atoms with Gasteiger partial charge in [0.1, 0.15) is 5.75 Å². The summed E-state index contributed by atoms with van der Waals surface area (Å²) in [6.07, 6.45) is 4.93. The molecule has 0 radical (unpaired) electrons. The molecule has 148 valence electrons. The highest BCUT2D eigenvalue weighted by atomic mass is 32.2. The Hall–Kier alpha value is -2.64. The first-order valence-corrected chi connectivity index (χ1v) is 10.7. The maximum atomic E-state index is 12.5.